The van der Waals surface area contributed by atoms with Gasteiger partial charge in [-0.3, -0.25) is 24.3 Å². The van der Waals surface area contributed by atoms with E-state index in [4.69, 9.17) is 0 Å². The molecule has 0 unspecified atom stereocenters. The van der Waals surface area contributed by atoms with Gasteiger partial charge in [-0.25, -0.2) is 4.68 Å². The first-order chi connectivity index (χ1) is 15.8. The molecule has 1 aliphatic heterocycles. The molecule has 0 atom stereocenters. The minimum Gasteiger partial charge on any atom is -0.341 e. The SMILES string of the molecule is CC(C)CC(=O)N1CCCN(C(=O)CCn2[nH]c(=O)ccc2=O)CCNCc2ccccc21.Cl. The van der Waals surface area contributed by atoms with Gasteiger partial charge in [-0.05, 0) is 24.0 Å². The Morgan fingerprint density at radius 2 is 1.76 bits per heavy atom. The van der Waals surface area contributed by atoms with Crippen LogP contribution in [0.15, 0.2) is 46.0 Å². The number of benzene rings is 1. The molecule has 0 radical (unpaired) electrons. The van der Waals surface area contributed by atoms with Crippen LogP contribution in [0.3, 0.4) is 0 Å². The number of carbonyl (C=O) groups is 2. The zero-order chi connectivity index (χ0) is 23.8. The summed E-state index contributed by atoms with van der Waals surface area (Å²) >= 11 is 0. The molecule has 186 valence electrons. The van der Waals surface area contributed by atoms with Crippen molar-refractivity contribution in [3.8, 4) is 0 Å². The summed E-state index contributed by atoms with van der Waals surface area (Å²) in [5.41, 5.74) is 1.25. The average molecular weight is 492 g/mol. The van der Waals surface area contributed by atoms with E-state index in [1.54, 1.807) is 4.90 Å². The van der Waals surface area contributed by atoms with Crippen molar-refractivity contribution in [1.82, 2.24) is 20.0 Å². The summed E-state index contributed by atoms with van der Waals surface area (Å²) in [5, 5.41) is 5.83. The first-order valence-corrected chi connectivity index (χ1v) is 11.5. The summed E-state index contributed by atoms with van der Waals surface area (Å²) < 4.78 is 1.16. The highest BCUT2D eigenvalue weighted by Crippen LogP contribution is 2.23. The summed E-state index contributed by atoms with van der Waals surface area (Å²) in [7, 11) is 0. The third kappa shape index (κ3) is 7.56. The van der Waals surface area contributed by atoms with Crippen LogP contribution in [0.2, 0.25) is 0 Å². The standard InChI is InChI=1S/C24H33N5O4.ClH/c1-18(2)16-24(33)28-13-5-12-27(15-11-25-17-19-6-3-4-7-20(19)28)22(31)10-14-29-23(32)9-8-21(30)26-29;/h3-4,6-9,18,25H,5,10-17H2,1-2H3,(H,26,30);1H. The van der Waals surface area contributed by atoms with Crippen LogP contribution in [0.4, 0.5) is 5.69 Å². The fourth-order valence-electron chi connectivity index (χ4n) is 3.97. The molecule has 0 aliphatic carbocycles. The Bertz CT molecular complexity index is 1080. The molecule has 10 heteroatoms. The quantitative estimate of drug-likeness (QED) is 0.662. The van der Waals surface area contributed by atoms with Crippen LogP contribution in [0.1, 0.15) is 38.7 Å². The van der Waals surface area contributed by atoms with Crippen LogP contribution in [0.5, 0.6) is 0 Å². The molecular weight excluding hydrogens is 458 g/mol. The molecule has 2 N–H and O–H groups in total. The maximum atomic E-state index is 13.0. The van der Waals surface area contributed by atoms with Crippen molar-refractivity contribution in [1.29, 1.82) is 0 Å². The fraction of sp³-hybridized carbons (Fsp3) is 0.500. The van der Waals surface area contributed by atoms with Gasteiger partial charge in [0.25, 0.3) is 11.1 Å². The highest BCUT2D eigenvalue weighted by atomic mass is 35.5. The average Bonchev–Trinajstić information content (AvgIpc) is 2.82. The number of hydrogen-bond acceptors (Lipinski definition) is 5. The van der Waals surface area contributed by atoms with Gasteiger partial charge in [-0.15, -0.1) is 12.4 Å². The molecule has 0 bridgehead atoms. The van der Waals surface area contributed by atoms with Crippen molar-refractivity contribution in [2.24, 2.45) is 5.92 Å². The zero-order valence-corrected chi connectivity index (χ0v) is 20.6. The number of nitrogens with zero attached hydrogens (tertiary/aromatic N) is 3. The lowest BCUT2D eigenvalue weighted by Crippen LogP contribution is -2.40. The van der Waals surface area contributed by atoms with E-state index in [-0.39, 0.29) is 54.2 Å². The lowest BCUT2D eigenvalue weighted by molar-refractivity contribution is -0.131. The second-order valence-corrected chi connectivity index (χ2v) is 8.73. The van der Waals surface area contributed by atoms with Gasteiger partial charge in [0.1, 0.15) is 0 Å². The number of rotatable bonds is 5. The maximum absolute atomic E-state index is 13.0. The van der Waals surface area contributed by atoms with Gasteiger partial charge in [0.05, 0.1) is 6.54 Å². The van der Waals surface area contributed by atoms with E-state index in [2.05, 4.69) is 10.4 Å². The predicted molar refractivity (Wildman–Crippen MR) is 134 cm³/mol. The molecule has 1 aromatic heterocycles. The molecule has 2 heterocycles. The third-order valence-corrected chi connectivity index (χ3v) is 5.64. The number of amides is 2. The highest BCUT2D eigenvalue weighted by Gasteiger charge is 2.21. The van der Waals surface area contributed by atoms with Gasteiger partial charge >= 0.3 is 0 Å². The van der Waals surface area contributed by atoms with Gasteiger partial charge in [0, 0.05) is 63.4 Å². The molecule has 34 heavy (non-hydrogen) atoms. The monoisotopic (exact) mass is 491 g/mol. The number of nitrogens with one attached hydrogen (secondary N) is 2. The number of para-hydroxylation sites is 1. The molecule has 0 spiro atoms. The number of carbonyl (C=O) groups excluding carboxylic acids is 2. The van der Waals surface area contributed by atoms with Crippen molar-refractivity contribution < 1.29 is 9.59 Å². The van der Waals surface area contributed by atoms with Gasteiger partial charge in [0.15, 0.2) is 0 Å². The van der Waals surface area contributed by atoms with Gasteiger partial charge < -0.3 is 15.1 Å². The number of H-pyrrole nitrogens is 1. The number of fused-ring (bicyclic) bond motifs is 1. The van der Waals surface area contributed by atoms with Gasteiger partial charge in [-0.1, -0.05) is 32.0 Å². The minimum atomic E-state index is -0.382. The lowest BCUT2D eigenvalue weighted by Gasteiger charge is -2.27. The summed E-state index contributed by atoms with van der Waals surface area (Å²) in [6, 6.07) is 10.3. The van der Waals surface area contributed by atoms with E-state index < -0.39 is 0 Å². The van der Waals surface area contributed by atoms with Crippen molar-refractivity contribution in [2.75, 3.05) is 31.1 Å². The maximum Gasteiger partial charge on any atom is 0.265 e. The van der Waals surface area contributed by atoms with E-state index in [0.29, 0.717) is 45.6 Å². The Balaban J connectivity index is 0.00000408. The zero-order valence-electron chi connectivity index (χ0n) is 19.8. The van der Waals surface area contributed by atoms with Crippen molar-refractivity contribution >= 4 is 29.9 Å². The molecule has 0 saturated carbocycles. The van der Waals surface area contributed by atoms with Crippen LogP contribution < -0.4 is 21.3 Å². The van der Waals surface area contributed by atoms with E-state index in [9.17, 15) is 19.2 Å². The predicted octanol–water partition coefficient (Wildman–Crippen LogP) is 1.75. The molecule has 2 aromatic rings. The molecule has 1 aromatic carbocycles. The molecular formula is C24H34ClN5O4. The number of halogens is 1. The van der Waals surface area contributed by atoms with Crippen molar-refractivity contribution in [3.05, 3.63) is 62.7 Å². The molecule has 0 fully saturated rings. The molecule has 2 amide bonds. The minimum absolute atomic E-state index is 0. The number of aryl methyl sites for hydroxylation is 1. The second-order valence-electron chi connectivity index (χ2n) is 8.73. The Morgan fingerprint density at radius 3 is 2.53 bits per heavy atom. The van der Waals surface area contributed by atoms with E-state index in [1.807, 2.05) is 43.0 Å². The van der Waals surface area contributed by atoms with Crippen molar-refractivity contribution in [3.63, 3.8) is 0 Å². The summed E-state index contributed by atoms with van der Waals surface area (Å²) in [6.45, 7) is 6.95. The van der Waals surface area contributed by atoms with Crippen LogP contribution in [0, 0.1) is 5.92 Å². The number of hydrogen-bond donors (Lipinski definition) is 2. The Morgan fingerprint density at radius 1 is 1.00 bits per heavy atom. The largest absolute Gasteiger partial charge is 0.341 e. The van der Waals surface area contributed by atoms with Crippen LogP contribution in [0.25, 0.3) is 0 Å². The Hall–Kier alpha value is -2.91. The topological polar surface area (TPSA) is 108 Å². The normalized spacial score (nSPS) is 14.7. The van der Waals surface area contributed by atoms with E-state index in [1.165, 1.54) is 12.1 Å². The summed E-state index contributed by atoms with van der Waals surface area (Å²) in [4.78, 5) is 52.9. The van der Waals surface area contributed by atoms with Crippen LogP contribution >= 0.6 is 12.4 Å². The Kier molecular flexibility index (Phi) is 10.5. The molecule has 3 rings (SSSR count). The van der Waals surface area contributed by atoms with Gasteiger partial charge in [0.2, 0.25) is 11.8 Å². The lowest BCUT2D eigenvalue weighted by atomic mass is 10.1. The fourth-order valence-corrected chi connectivity index (χ4v) is 3.97. The van der Waals surface area contributed by atoms with Crippen molar-refractivity contribution in [2.45, 2.75) is 46.2 Å². The number of anilines is 1. The number of aromatic nitrogens is 2. The van der Waals surface area contributed by atoms with E-state index >= 15 is 0 Å². The summed E-state index contributed by atoms with van der Waals surface area (Å²) in [5.74, 6) is 0.249. The second kappa shape index (κ2) is 13.1. The first kappa shape index (κ1) is 27.3. The molecule has 9 nitrogen and oxygen atoms in total. The summed E-state index contributed by atoms with van der Waals surface area (Å²) in [6.07, 6.45) is 1.22. The molecule has 1 aliphatic rings. The smallest absolute Gasteiger partial charge is 0.265 e. The van der Waals surface area contributed by atoms with E-state index in [0.717, 1.165) is 15.9 Å². The van der Waals surface area contributed by atoms with Crippen LogP contribution in [-0.2, 0) is 22.7 Å². The number of aromatic amines is 1. The van der Waals surface area contributed by atoms with Gasteiger partial charge in [-0.2, -0.15) is 0 Å². The first-order valence-electron chi connectivity index (χ1n) is 11.5. The highest BCUT2D eigenvalue weighted by molar-refractivity contribution is 5.94. The third-order valence-electron chi connectivity index (χ3n) is 5.64. The Labute approximate surface area is 205 Å². The molecule has 0 saturated heterocycles. The van der Waals surface area contributed by atoms with Crippen LogP contribution in [-0.4, -0.2) is 52.7 Å².